The van der Waals surface area contributed by atoms with Crippen LogP contribution in [0.5, 0.6) is 0 Å². The van der Waals surface area contributed by atoms with E-state index in [-0.39, 0.29) is 6.42 Å². The topological polar surface area (TPSA) is 75.7 Å². The number of nitrogens with two attached hydrogens (primary N) is 1. The van der Waals surface area contributed by atoms with Crippen LogP contribution in [0.3, 0.4) is 0 Å². The van der Waals surface area contributed by atoms with Crippen LogP contribution in [-0.2, 0) is 4.79 Å². The van der Waals surface area contributed by atoms with Crippen molar-refractivity contribution in [2.45, 2.75) is 39.0 Å². The summed E-state index contributed by atoms with van der Waals surface area (Å²) in [6.45, 7) is 2.53. The molecule has 0 aromatic carbocycles. The largest absolute Gasteiger partial charge is 0.481 e. The Kier molecular flexibility index (Phi) is 6.96. The van der Waals surface area contributed by atoms with E-state index in [4.69, 9.17) is 10.8 Å². The average molecular weight is 186 g/mol. The van der Waals surface area contributed by atoms with Gasteiger partial charge < -0.3 is 10.8 Å². The molecule has 76 valence electrons. The van der Waals surface area contributed by atoms with E-state index in [0.717, 1.165) is 32.2 Å². The van der Waals surface area contributed by atoms with Gasteiger partial charge in [0.25, 0.3) is 0 Å². The number of hydrogen-bond acceptors (Lipinski definition) is 2. The van der Waals surface area contributed by atoms with Gasteiger partial charge >= 0.3 is 5.97 Å². The lowest BCUT2D eigenvalue weighted by atomic mass is 10.1. The monoisotopic (exact) mass is 186 g/mol. The van der Waals surface area contributed by atoms with Gasteiger partial charge in [0, 0.05) is 13.0 Å². The lowest BCUT2D eigenvalue weighted by Crippen LogP contribution is -2.05. The number of amidine groups is 1. The summed E-state index contributed by atoms with van der Waals surface area (Å²) in [5.74, 6) is -0.0960. The van der Waals surface area contributed by atoms with Crippen LogP contribution in [0, 0.1) is 0 Å². The first-order valence-corrected chi connectivity index (χ1v) is 4.61. The molecule has 0 amide bonds. The summed E-state index contributed by atoms with van der Waals surface area (Å²) < 4.78 is 0. The number of unbranched alkanes of at least 4 members (excludes halogenated alkanes) is 3. The summed E-state index contributed by atoms with van der Waals surface area (Å²) in [5, 5.41) is 8.35. The van der Waals surface area contributed by atoms with Crippen molar-refractivity contribution >= 4 is 11.8 Å². The highest BCUT2D eigenvalue weighted by Gasteiger charge is 1.95. The molecule has 3 N–H and O–H groups in total. The summed E-state index contributed by atoms with van der Waals surface area (Å²) in [7, 11) is 0. The molecule has 4 nitrogen and oxygen atoms in total. The van der Waals surface area contributed by atoms with Gasteiger partial charge in [-0.3, -0.25) is 9.79 Å². The smallest absolute Gasteiger partial charge is 0.303 e. The van der Waals surface area contributed by atoms with E-state index in [0.29, 0.717) is 5.84 Å². The van der Waals surface area contributed by atoms with Crippen molar-refractivity contribution in [2.75, 3.05) is 6.54 Å². The van der Waals surface area contributed by atoms with Crippen molar-refractivity contribution in [3.63, 3.8) is 0 Å². The van der Waals surface area contributed by atoms with Gasteiger partial charge in [-0.25, -0.2) is 0 Å². The zero-order chi connectivity index (χ0) is 10.1. The number of carbonyl (C=O) groups is 1. The minimum Gasteiger partial charge on any atom is -0.481 e. The third-order valence-corrected chi connectivity index (χ3v) is 1.66. The Labute approximate surface area is 78.8 Å². The van der Waals surface area contributed by atoms with E-state index in [2.05, 4.69) is 4.99 Å². The fourth-order valence-corrected chi connectivity index (χ4v) is 0.997. The van der Waals surface area contributed by atoms with Gasteiger partial charge in [-0.15, -0.1) is 0 Å². The fourth-order valence-electron chi connectivity index (χ4n) is 0.997. The van der Waals surface area contributed by atoms with Crippen molar-refractivity contribution < 1.29 is 9.90 Å². The third kappa shape index (κ3) is 10.9. The molecule has 0 heterocycles. The second kappa shape index (κ2) is 7.58. The Morgan fingerprint density at radius 1 is 1.31 bits per heavy atom. The standard InChI is InChI=1S/C9H18N2O2/c1-8(10)11-7-5-3-2-4-6-9(12)13/h2-7H2,1H3,(H2,10,11)(H,12,13). The van der Waals surface area contributed by atoms with Crippen molar-refractivity contribution in [3.8, 4) is 0 Å². The number of hydrogen-bond donors (Lipinski definition) is 2. The van der Waals surface area contributed by atoms with E-state index >= 15 is 0 Å². The van der Waals surface area contributed by atoms with Gasteiger partial charge in [-0.1, -0.05) is 12.8 Å². The van der Waals surface area contributed by atoms with Crippen LogP contribution in [-0.4, -0.2) is 23.5 Å². The van der Waals surface area contributed by atoms with Crippen LogP contribution in [0.4, 0.5) is 0 Å². The first-order chi connectivity index (χ1) is 6.13. The zero-order valence-electron chi connectivity index (χ0n) is 8.12. The number of aliphatic imine (C=N–C) groups is 1. The quantitative estimate of drug-likeness (QED) is 0.358. The van der Waals surface area contributed by atoms with Gasteiger partial charge in [0.05, 0.1) is 5.84 Å². The minimum absolute atomic E-state index is 0.277. The molecule has 0 rings (SSSR count). The van der Waals surface area contributed by atoms with E-state index in [1.54, 1.807) is 6.92 Å². The Bertz CT molecular complexity index is 174. The van der Waals surface area contributed by atoms with E-state index in [1.807, 2.05) is 0 Å². The number of carboxylic acid groups (broad SMARTS) is 1. The summed E-state index contributed by atoms with van der Waals surface area (Å²) >= 11 is 0. The molecule has 0 aliphatic carbocycles. The number of nitrogens with zero attached hydrogens (tertiary/aromatic N) is 1. The highest BCUT2D eigenvalue weighted by molar-refractivity contribution is 5.77. The molecule has 0 unspecified atom stereocenters. The summed E-state index contributed by atoms with van der Waals surface area (Å²) in [5.41, 5.74) is 5.35. The molecular formula is C9H18N2O2. The maximum Gasteiger partial charge on any atom is 0.303 e. The van der Waals surface area contributed by atoms with Gasteiger partial charge in [0.15, 0.2) is 0 Å². The number of rotatable bonds is 7. The van der Waals surface area contributed by atoms with Crippen LogP contribution in [0.25, 0.3) is 0 Å². The Balaban J connectivity index is 3.09. The molecule has 0 saturated heterocycles. The second-order valence-electron chi connectivity index (χ2n) is 3.08. The van der Waals surface area contributed by atoms with Crippen LogP contribution in [0.2, 0.25) is 0 Å². The van der Waals surface area contributed by atoms with E-state index < -0.39 is 5.97 Å². The normalized spacial score (nSPS) is 11.6. The van der Waals surface area contributed by atoms with Crippen molar-refractivity contribution in [1.82, 2.24) is 0 Å². The lowest BCUT2D eigenvalue weighted by molar-refractivity contribution is -0.137. The van der Waals surface area contributed by atoms with Crippen LogP contribution in [0.1, 0.15) is 39.0 Å². The van der Waals surface area contributed by atoms with Gasteiger partial charge in [0.2, 0.25) is 0 Å². The molecular weight excluding hydrogens is 168 g/mol. The van der Waals surface area contributed by atoms with Gasteiger partial charge in [-0.05, 0) is 19.8 Å². The van der Waals surface area contributed by atoms with Crippen LogP contribution in [0.15, 0.2) is 4.99 Å². The summed E-state index contributed by atoms with van der Waals surface area (Å²) in [6, 6.07) is 0. The first kappa shape index (κ1) is 11.9. The molecule has 4 heteroatoms. The third-order valence-electron chi connectivity index (χ3n) is 1.66. The summed E-state index contributed by atoms with van der Waals surface area (Å²) in [4.78, 5) is 14.2. The molecule has 0 bridgehead atoms. The van der Waals surface area contributed by atoms with Crippen molar-refractivity contribution in [3.05, 3.63) is 0 Å². The lowest BCUT2D eigenvalue weighted by Gasteiger charge is -1.97. The average Bonchev–Trinajstić information content (AvgIpc) is 2.01. The molecule has 0 radical (unpaired) electrons. The molecule has 0 aliphatic heterocycles. The van der Waals surface area contributed by atoms with Gasteiger partial charge in [-0.2, -0.15) is 0 Å². The predicted molar refractivity (Wildman–Crippen MR) is 52.9 cm³/mol. The SMILES string of the molecule is CC(N)=NCCCCCCC(=O)O. The Morgan fingerprint density at radius 3 is 2.46 bits per heavy atom. The van der Waals surface area contributed by atoms with Gasteiger partial charge in [0.1, 0.15) is 0 Å². The van der Waals surface area contributed by atoms with Crippen LogP contribution < -0.4 is 5.73 Å². The predicted octanol–water partition coefficient (Wildman–Crippen LogP) is 1.40. The molecule has 0 atom stereocenters. The maximum absolute atomic E-state index is 10.1. The molecule has 0 spiro atoms. The molecule has 0 aliphatic rings. The molecule has 13 heavy (non-hydrogen) atoms. The molecule has 0 saturated carbocycles. The first-order valence-electron chi connectivity index (χ1n) is 4.61. The highest BCUT2D eigenvalue weighted by Crippen LogP contribution is 2.02. The van der Waals surface area contributed by atoms with E-state index in [9.17, 15) is 4.79 Å². The molecule has 0 aromatic rings. The zero-order valence-corrected chi connectivity index (χ0v) is 8.12. The van der Waals surface area contributed by atoms with Crippen molar-refractivity contribution in [1.29, 1.82) is 0 Å². The fraction of sp³-hybridized carbons (Fsp3) is 0.778. The second-order valence-corrected chi connectivity index (χ2v) is 3.08. The van der Waals surface area contributed by atoms with Crippen LogP contribution >= 0.6 is 0 Å². The minimum atomic E-state index is -0.712. The molecule has 0 aromatic heterocycles. The Hall–Kier alpha value is -1.06. The summed E-state index contributed by atoms with van der Waals surface area (Å²) in [6.07, 6.45) is 4.03. The number of carboxylic acids is 1. The number of aliphatic carboxylic acids is 1. The molecule has 0 fully saturated rings. The van der Waals surface area contributed by atoms with Crippen molar-refractivity contribution in [2.24, 2.45) is 10.7 Å². The highest BCUT2D eigenvalue weighted by atomic mass is 16.4. The Morgan fingerprint density at radius 2 is 1.92 bits per heavy atom. The maximum atomic E-state index is 10.1. The van der Waals surface area contributed by atoms with E-state index in [1.165, 1.54) is 0 Å².